The molecule has 0 bridgehead atoms. The second kappa shape index (κ2) is 6.87. The van der Waals surface area contributed by atoms with Gasteiger partial charge in [-0.15, -0.1) is 0 Å². The summed E-state index contributed by atoms with van der Waals surface area (Å²) in [4.78, 5) is 11.8. The predicted molar refractivity (Wildman–Crippen MR) is 75.2 cm³/mol. The maximum atomic E-state index is 12.3. The van der Waals surface area contributed by atoms with Crippen LogP contribution in [0.5, 0.6) is 0 Å². The summed E-state index contributed by atoms with van der Waals surface area (Å²) >= 11 is 0. The second-order valence-electron chi connectivity index (χ2n) is 5.55. The quantitative estimate of drug-likeness (QED) is 0.770. The Balaban J connectivity index is 1.94. The summed E-state index contributed by atoms with van der Waals surface area (Å²) in [6.45, 7) is 2.82. The van der Waals surface area contributed by atoms with Crippen LogP contribution in [0.15, 0.2) is 0 Å². The van der Waals surface area contributed by atoms with Crippen molar-refractivity contribution < 1.29 is 17.9 Å². The number of carbonyl (C=O) groups excluding carboxylic acids is 1. The maximum Gasteiger partial charge on any atom is 0.310 e. The number of ether oxygens (including phenoxy) is 1. The molecule has 1 saturated carbocycles. The van der Waals surface area contributed by atoms with Crippen molar-refractivity contribution in [3.05, 3.63) is 0 Å². The first kappa shape index (κ1) is 15.7. The first-order valence-corrected chi connectivity index (χ1v) is 8.91. The molecule has 2 aliphatic rings. The smallest absolute Gasteiger partial charge is 0.310 e. The van der Waals surface area contributed by atoms with Crippen LogP contribution in [0.2, 0.25) is 0 Å². The van der Waals surface area contributed by atoms with Crippen molar-refractivity contribution in [1.29, 1.82) is 0 Å². The lowest BCUT2D eigenvalue weighted by atomic mass is 10.0. The fourth-order valence-electron chi connectivity index (χ4n) is 2.94. The van der Waals surface area contributed by atoms with Crippen molar-refractivity contribution in [3.63, 3.8) is 0 Å². The molecule has 0 aromatic heterocycles. The van der Waals surface area contributed by atoms with E-state index in [9.17, 15) is 13.2 Å². The van der Waals surface area contributed by atoms with Gasteiger partial charge < -0.3 is 4.74 Å². The van der Waals surface area contributed by atoms with E-state index in [-0.39, 0.29) is 24.5 Å². The molecule has 6 nitrogen and oxygen atoms in total. The summed E-state index contributed by atoms with van der Waals surface area (Å²) in [5.41, 5.74) is 0. The van der Waals surface area contributed by atoms with Gasteiger partial charge >= 0.3 is 5.97 Å². The summed E-state index contributed by atoms with van der Waals surface area (Å²) in [5, 5.41) is 0. The average Bonchev–Trinajstić information content (AvgIpc) is 2.91. The zero-order chi connectivity index (χ0) is 14.6. The van der Waals surface area contributed by atoms with Gasteiger partial charge in [-0.3, -0.25) is 4.79 Å². The van der Waals surface area contributed by atoms with Gasteiger partial charge in [-0.05, 0) is 32.6 Å². The van der Waals surface area contributed by atoms with Crippen molar-refractivity contribution in [2.45, 2.75) is 51.5 Å². The Hall–Kier alpha value is -0.660. The van der Waals surface area contributed by atoms with E-state index in [2.05, 4.69) is 4.72 Å². The third-order valence-corrected chi connectivity index (χ3v) is 5.66. The van der Waals surface area contributed by atoms with E-state index in [0.29, 0.717) is 26.0 Å². The van der Waals surface area contributed by atoms with Gasteiger partial charge in [-0.25, -0.2) is 0 Å². The zero-order valence-electron chi connectivity index (χ0n) is 12.0. The number of nitrogens with one attached hydrogen (secondary N) is 1. The third-order valence-electron chi connectivity index (χ3n) is 4.01. The summed E-state index contributed by atoms with van der Waals surface area (Å²) in [5.74, 6) is -0.614. The first-order chi connectivity index (χ1) is 9.53. The number of hydrogen-bond donors (Lipinski definition) is 1. The molecule has 7 heteroatoms. The number of nitrogens with zero attached hydrogens (tertiary/aromatic N) is 1. The molecule has 0 amide bonds. The Morgan fingerprint density at radius 2 is 1.95 bits per heavy atom. The van der Waals surface area contributed by atoms with Crippen LogP contribution >= 0.6 is 0 Å². The van der Waals surface area contributed by atoms with Crippen LogP contribution in [0.1, 0.15) is 45.4 Å². The van der Waals surface area contributed by atoms with Crippen LogP contribution < -0.4 is 4.72 Å². The van der Waals surface area contributed by atoms with Gasteiger partial charge in [0.25, 0.3) is 10.2 Å². The minimum Gasteiger partial charge on any atom is -0.466 e. The molecule has 116 valence electrons. The van der Waals surface area contributed by atoms with E-state index >= 15 is 0 Å². The fraction of sp³-hybridized carbons (Fsp3) is 0.923. The van der Waals surface area contributed by atoms with E-state index in [1.807, 2.05) is 0 Å². The highest BCUT2D eigenvalue weighted by atomic mass is 32.2. The number of rotatable bonds is 5. The van der Waals surface area contributed by atoms with Crippen LogP contribution in [-0.2, 0) is 19.7 Å². The molecule has 1 unspecified atom stereocenters. The maximum absolute atomic E-state index is 12.3. The average molecular weight is 304 g/mol. The zero-order valence-corrected chi connectivity index (χ0v) is 12.8. The topological polar surface area (TPSA) is 75.7 Å². The molecule has 1 heterocycles. The minimum atomic E-state index is -3.47. The lowest BCUT2D eigenvalue weighted by Gasteiger charge is -2.31. The van der Waals surface area contributed by atoms with Crippen LogP contribution in [0.25, 0.3) is 0 Å². The van der Waals surface area contributed by atoms with E-state index < -0.39 is 10.2 Å². The number of carbonyl (C=O) groups is 1. The van der Waals surface area contributed by atoms with E-state index in [4.69, 9.17) is 4.74 Å². The van der Waals surface area contributed by atoms with Gasteiger partial charge in [0, 0.05) is 19.1 Å². The molecule has 0 spiro atoms. The molecule has 1 saturated heterocycles. The molecular weight excluding hydrogens is 280 g/mol. The third kappa shape index (κ3) is 3.93. The second-order valence-corrected chi connectivity index (χ2v) is 7.26. The van der Waals surface area contributed by atoms with Crippen LogP contribution in [-0.4, -0.2) is 44.4 Å². The highest BCUT2D eigenvalue weighted by Crippen LogP contribution is 2.23. The fourth-order valence-corrected chi connectivity index (χ4v) is 4.49. The van der Waals surface area contributed by atoms with Gasteiger partial charge in [-0.1, -0.05) is 12.8 Å². The lowest BCUT2D eigenvalue weighted by molar-refractivity contribution is -0.149. The van der Waals surface area contributed by atoms with E-state index in [1.54, 1.807) is 6.92 Å². The standard InChI is InChI=1S/C13H24N2O4S/c1-2-19-13(16)11-6-5-9-15(10-11)20(17,18)14-12-7-3-4-8-12/h11-12,14H,2-10H2,1H3. The molecule has 2 fully saturated rings. The molecule has 20 heavy (non-hydrogen) atoms. The Bertz CT molecular complexity index is 432. The van der Waals surface area contributed by atoms with Crippen molar-refractivity contribution in [3.8, 4) is 0 Å². The number of esters is 1. The van der Waals surface area contributed by atoms with Crippen LogP contribution in [0.4, 0.5) is 0 Å². The molecule has 1 N–H and O–H groups in total. The van der Waals surface area contributed by atoms with Crippen LogP contribution in [0.3, 0.4) is 0 Å². The van der Waals surface area contributed by atoms with Crippen LogP contribution in [0, 0.1) is 5.92 Å². The summed E-state index contributed by atoms with van der Waals surface area (Å²) in [6, 6.07) is 0.0583. The Morgan fingerprint density at radius 3 is 2.60 bits per heavy atom. The Labute approximate surface area is 121 Å². The van der Waals surface area contributed by atoms with E-state index in [1.165, 1.54) is 4.31 Å². The summed E-state index contributed by atoms with van der Waals surface area (Å²) in [7, 11) is -3.47. The molecule has 1 atom stereocenters. The molecule has 0 radical (unpaired) electrons. The SMILES string of the molecule is CCOC(=O)C1CCCN(S(=O)(=O)NC2CCCC2)C1. The summed E-state index contributed by atoms with van der Waals surface area (Å²) in [6.07, 6.45) is 5.39. The lowest BCUT2D eigenvalue weighted by Crippen LogP contribution is -2.49. The van der Waals surface area contributed by atoms with Crippen molar-refractivity contribution in [2.75, 3.05) is 19.7 Å². The molecule has 0 aromatic rings. The predicted octanol–water partition coefficient (Wildman–Crippen LogP) is 1.04. The number of piperidine rings is 1. The van der Waals surface area contributed by atoms with E-state index in [0.717, 1.165) is 25.7 Å². The van der Waals surface area contributed by atoms with Crippen molar-refractivity contribution in [1.82, 2.24) is 9.03 Å². The minimum absolute atomic E-state index is 0.0583. The Kier molecular flexibility index (Phi) is 5.40. The normalized spacial score (nSPS) is 25.8. The first-order valence-electron chi connectivity index (χ1n) is 7.47. The van der Waals surface area contributed by atoms with Gasteiger partial charge in [0.1, 0.15) is 0 Å². The molecule has 2 rings (SSSR count). The highest BCUT2D eigenvalue weighted by molar-refractivity contribution is 7.87. The summed E-state index contributed by atoms with van der Waals surface area (Å²) < 4.78 is 33.8. The molecule has 1 aliphatic heterocycles. The van der Waals surface area contributed by atoms with Gasteiger partial charge in [0.2, 0.25) is 0 Å². The largest absolute Gasteiger partial charge is 0.466 e. The molecule has 1 aliphatic carbocycles. The highest BCUT2D eigenvalue weighted by Gasteiger charge is 2.34. The van der Waals surface area contributed by atoms with Gasteiger partial charge in [0.05, 0.1) is 12.5 Å². The van der Waals surface area contributed by atoms with Crippen molar-refractivity contribution >= 4 is 16.2 Å². The van der Waals surface area contributed by atoms with Crippen molar-refractivity contribution in [2.24, 2.45) is 5.92 Å². The van der Waals surface area contributed by atoms with Gasteiger partial charge in [-0.2, -0.15) is 17.4 Å². The Morgan fingerprint density at radius 1 is 1.25 bits per heavy atom. The van der Waals surface area contributed by atoms with Gasteiger partial charge in [0.15, 0.2) is 0 Å². The molecule has 0 aromatic carbocycles. The number of hydrogen-bond acceptors (Lipinski definition) is 4. The monoisotopic (exact) mass is 304 g/mol. The molecular formula is C13H24N2O4S.